The number of anilines is 1. The monoisotopic (exact) mass is 190 g/mol. The number of benzene rings is 1. The van der Waals surface area contributed by atoms with E-state index >= 15 is 0 Å². The average Bonchev–Trinajstić information content (AvgIpc) is 2.59. The van der Waals surface area contributed by atoms with Crippen molar-refractivity contribution in [2.24, 2.45) is 4.99 Å². The maximum absolute atomic E-state index is 4.60. The lowest BCUT2D eigenvalue weighted by Crippen LogP contribution is -1.92. The van der Waals surface area contributed by atoms with Crippen LogP contribution in [0.25, 0.3) is 0 Å². The number of isothiocyanates is 1. The van der Waals surface area contributed by atoms with E-state index in [2.05, 4.69) is 40.7 Å². The summed E-state index contributed by atoms with van der Waals surface area (Å²) in [6.07, 6.45) is 1.03. The second-order valence-corrected chi connectivity index (χ2v) is 3.32. The number of nitrogens with zero attached hydrogens (tertiary/aromatic N) is 1. The van der Waals surface area contributed by atoms with E-state index in [9.17, 15) is 0 Å². The Labute approximate surface area is 82.7 Å². The van der Waals surface area contributed by atoms with Gasteiger partial charge in [-0.05, 0) is 37.2 Å². The number of fused-ring (bicyclic) bond motifs is 1. The van der Waals surface area contributed by atoms with Crippen molar-refractivity contribution in [3.63, 3.8) is 0 Å². The maximum Gasteiger partial charge on any atom is 0.0792 e. The highest BCUT2D eigenvalue weighted by atomic mass is 32.1. The number of aryl methyl sites for hydroxylation is 1. The van der Waals surface area contributed by atoms with Gasteiger partial charge in [-0.2, -0.15) is 4.99 Å². The van der Waals surface area contributed by atoms with Crippen LogP contribution >= 0.6 is 12.2 Å². The summed E-state index contributed by atoms with van der Waals surface area (Å²) in [4.78, 5) is 4.04. The Bertz CT molecular complexity index is 392. The molecule has 1 N–H and O–H groups in total. The Morgan fingerprint density at radius 2 is 2.38 bits per heavy atom. The largest absolute Gasteiger partial charge is 0.384 e. The van der Waals surface area contributed by atoms with Crippen LogP contribution in [-0.4, -0.2) is 11.7 Å². The van der Waals surface area contributed by atoms with E-state index < -0.39 is 0 Å². The number of nitrogens with one attached hydrogen (secondary N) is 1. The fourth-order valence-electron chi connectivity index (χ4n) is 1.72. The van der Waals surface area contributed by atoms with Crippen molar-refractivity contribution in [3.05, 3.63) is 23.3 Å². The first-order valence-electron chi connectivity index (χ1n) is 4.27. The molecule has 2 rings (SSSR count). The molecule has 0 saturated heterocycles. The van der Waals surface area contributed by atoms with Gasteiger partial charge in [0.05, 0.1) is 10.8 Å². The summed E-state index contributed by atoms with van der Waals surface area (Å²) in [6, 6.07) is 4.06. The smallest absolute Gasteiger partial charge is 0.0792 e. The summed E-state index contributed by atoms with van der Waals surface area (Å²) in [5, 5.41) is 5.76. The zero-order valence-electron chi connectivity index (χ0n) is 7.42. The van der Waals surface area contributed by atoms with E-state index in [4.69, 9.17) is 0 Å². The van der Waals surface area contributed by atoms with Gasteiger partial charge >= 0.3 is 0 Å². The number of hydrogen-bond acceptors (Lipinski definition) is 3. The summed E-state index contributed by atoms with van der Waals surface area (Å²) in [7, 11) is 0. The molecule has 13 heavy (non-hydrogen) atoms. The molecule has 1 heterocycles. The van der Waals surface area contributed by atoms with E-state index in [1.54, 1.807) is 0 Å². The Hall–Kier alpha value is -1.18. The minimum absolute atomic E-state index is 0.959. The third-order valence-electron chi connectivity index (χ3n) is 2.34. The van der Waals surface area contributed by atoms with Gasteiger partial charge < -0.3 is 5.32 Å². The molecular formula is C10H10N2S. The molecule has 0 radical (unpaired) electrons. The van der Waals surface area contributed by atoms with Gasteiger partial charge in [0.2, 0.25) is 0 Å². The number of rotatable bonds is 1. The molecular weight excluding hydrogens is 180 g/mol. The van der Waals surface area contributed by atoms with Crippen molar-refractivity contribution in [3.8, 4) is 0 Å². The van der Waals surface area contributed by atoms with Crippen LogP contribution in [-0.2, 0) is 6.42 Å². The number of aliphatic imine (C=N–C) groups is 1. The Morgan fingerprint density at radius 1 is 1.54 bits per heavy atom. The fraction of sp³-hybridized carbons (Fsp3) is 0.300. The van der Waals surface area contributed by atoms with Gasteiger partial charge in [-0.15, -0.1) is 0 Å². The SMILES string of the molecule is Cc1ccc(N=C=S)c2c1NCC2. The van der Waals surface area contributed by atoms with Crippen LogP contribution in [0.1, 0.15) is 11.1 Å². The van der Waals surface area contributed by atoms with Crippen molar-refractivity contribution in [2.45, 2.75) is 13.3 Å². The summed E-state index contributed by atoms with van der Waals surface area (Å²) >= 11 is 4.60. The molecule has 0 spiro atoms. The van der Waals surface area contributed by atoms with Crippen LogP contribution in [0.15, 0.2) is 17.1 Å². The van der Waals surface area contributed by atoms with Crippen LogP contribution in [0.5, 0.6) is 0 Å². The summed E-state index contributed by atoms with van der Waals surface area (Å²) < 4.78 is 0. The molecule has 1 aliphatic rings. The normalized spacial score (nSPS) is 13.0. The Kier molecular flexibility index (Phi) is 2.13. The van der Waals surface area contributed by atoms with Crippen molar-refractivity contribution in [1.82, 2.24) is 0 Å². The molecule has 0 amide bonds. The third-order valence-corrected chi connectivity index (χ3v) is 2.43. The predicted molar refractivity (Wildman–Crippen MR) is 58.1 cm³/mol. The third kappa shape index (κ3) is 1.37. The van der Waals surface area contributed by atoms with Gasteiger partial charge in [0, 0.05) is 17.8 Å². The topological polar surface area (TPSA) is 24.4 Å². The molecule has 0 unspecified atom stereocenters. The number of thiocarbonyl (C=S) groups is 1. The van der Waals surface area contributed by atoms with Crippen LogP contribution in [0, 0.1) is 6.92 Å². The quantitative estimate of drug-likeness (QED) is 0.544. The van der Waals surface area contributed by atoms with Gasteiger partial charge in [-0.3, -0.25) is 0 Å². The molecule has 0 saturated carbocycles. The zero-order chi connectivity index (χ0) is 9.26. The lowest BCUT2D eigenvalue weighted by molar-refractivity contribution is 1.10. The molecule has 0 atom stereocenters. The molecule has 0 aromatic heterocycles. The lowest BCUT2D eigenvalue weighted by Gasteiger charge is -2.05. The maximum atomic E-state index is 4.60. The van der Waals surface area contributed by atoms with Crippen molar-refractivity contribution in [1.29, 1.82) is 0 Å². The second kappa shape index (κ2) is 3.29. The molecule has 3 heteroatoms. The Morgan fingerprint density at radius 3 is 3.15 bits per heavy atom. The minimum Gasteiger partial charge on any atom is -0.384 e. The molecule has 0 bridgehead atoms. The fourth-order valence-corrected chi connectivity index (χ4v) is 1.82. The highest BCUT2D eigenvalue weighted by Crippen LogP contribution is 2.33. The molecule has 1 aliphatic heterocycles. The van der Waals surface area contributed by atoms with Crippen molar-refractivity contribution < 1.29 is 0 Å². The van der Waals surface area contributed by atoms with Gasteiger partial charge in [0.25, 0.3) is 0 Å². The molecule has 2 nitrogen and oxygen atoms in total. The van der Waals surface area contributed by atoms with E-state index in [1.165, 1.54) is 16.8 Å². The number of hydrogen-bond donors (Lipinski definition) is 1. The van der Waals surface area contributed by atoms with Crippen LogP contribution in [0.2, 0.25) is 0 Å². The molecule has 1 aromatic carbocycles. The Balaban J connectivity index is 2.62. The standard InChI is InChI=1S/C10H10N2S/c1-7-2-3-9(12-6-13)8-4-5-11-10(7)8/h2-3,11H,4-5H2,1H3. The molecule has 0 fully saturated rings. The zero-order valence-corrected chi connectivity index (χ0v) is 8.24. The van der Waals surface area contributed by atoms with E-state index in [0.717, 1.165) is 18.7 Å². The minimum atomic E-state index is 0.959. The summed E-state index contributed by atoms with van der Waals surface area (Å²) in [6.45, 7) is 3.10. The van der Waals surface area contributed by atoms with E-state index in [-0.39, 0.29) is 0 Å². The van der Waals surface area contributed by atoms with Gasteiger partial charge in [0.1, 0.15) is 0 Å². The summed E-state index contributed by atoms with van der Waals surface area (Å²) in [5.41, 5.74) is 4.74. The second-order valence-electron chi connectivity index (χ2n) is 3.14. The van der Waals surface area contributed by atoms with Crippen molar-refractivity contribution >= 4 is 28.8 Å². The van der Waals surface area contributed by atoms with Gasteiger partial charge in [-0.1, -0.05) is 6.07 Å². The van der Waals surface area contributed by atoms with E-state index in [1.807, 2.05) is 6.07 Å². The van der Waals surface area contributed by atoms with Crippen LogP contribution in [0.3, 0.4) is 0 Å². The van der Waals surface area contributed by atoms with Crippen molar-refractivity contribution in [2.75, 3.05) is 11.9 Å². The van der Waals surface area contributed by atoms with E-state index in [0.29, 0.717) is 0 Å². The predicted octanol–water partition coefficient (Wildman–Crippen LogP) is 2.70. The first-order chi connectivity index (χ1) is 6.33. The molecule has 0 aliphatic carbocycles. The first kappa shape index (κ1) is 8.42. The molecule has 1 aromatic rings. The van der Waals surface area contributed by atoms with Crippen LogP contribution in [0.4, 0.5) is 11.4 Å². The highest BCUT2D eigenvalue weighted by Gasteiger charge is 2.15. The average molecular weight is 190 g/mol. The highest BCUT2D eigenvalue weighted by molar-refractivity contribution is 7.78. The van der Waals surface area contributed by atoms with Gasteiger partial charge in [0.15, 0.2) is 0 Å². The van der Waals surface area contributed by atoms with Crippen LogP contribution < -0.4 is 5.32 Å². The van der Waals surface area contributed by atoms with Gasteiger partial charge in [-0.25, -0.2) is 0 Å². The molecule has 66 valence electrons. The first-order valence-corrected chi connectivity index (χ1v) is 4.68. The lowest BCUT2D eigenvalue weighted by atomic mass is 10.1. The summed E-state index contributed by atoms with van der Waals surface area (Å²) in [5.74, 6) is 0.